The maximum absolute atomic E-state index is 5.87. The minimum Gasteiger partial charge on any atom is -0.476 e. The number of nitrogens with zero attached hydrogens (tertiary/aromatic N) is 3. The molecule has 0 spiro atoms. The number of nitrogen functional groups attached to an aromatic ring is 1. The second-order valence-corrected chi connectivity index (χ2v) is 5.19. The Kier molecular flexibility index (Phi) is 4.01. The first-order valence-electron chi connectivity index (χ1n) is 6.53. The molecule has 2 N–H and O–H groups in total. The van der Waals surface area contributed by atoms with E-state index in [2.05, 4.69) is 35.8 Å². The third-order valence-electron chi connectivity index (χ3n) is 3.31. The van der Waals surface area contributed by atoms with Crippen LogP contribution in [0.1, 0.15) is 38.2 Å². The van der Waals surface area contributed by atoms with Crippen molar-refractivity contribution < 1.29 is 4.74 Å². The van der Waals surface area contributed by atoms with Crippen molar-refractivity contribution in [1.29, 1.82) is 0 Å². The monoisotopic (exact) mass is 250 g/mol. The van der Waals surface area contributed by atoms with Crippen LogP contribution in [-0.2, 0) is 0 Å². The first-order valence-corrected chi connectivity index (χ1v) is 6.53. The number of likely N-dealkylation sites (N-methyl/N-ethyl adjacent to an activating group) is 1. The molecule has 100 valence electrons. The molecule has 1 fully saturated rings. The molecule has 1 aromatic heterocycles. The summed E-state index contributed by atoms with van der Waals surface area (Å²) in [5, 5.41) is 0. The van der Waals surface area contributed by atoms with Gasteiger partial charge in [0.1, 0.15) is 18.8 Å². The first-order chi connectivity index (χ1) is 8.59. The molecule has 1 aromatic rings. The van der Waals surface area contributed by atoms with Crippen LogP contribution in [0.4, 0.5) is 5.82 Å². The third-order valence-corrected chi connectivity index (χ3v) is 3.31. The van der Waals surface area contributed by atoms with E-state index < -0.39 is 0 Å². The van der Waals surface area contributed by atoms with Crippen LogP contribution in [0.25, 0.3) is 0 Å². The summed E-state index contributed by atoms with van der Waals surface area (Å²) < 4.78 is 5.76. The van der Waals surface area contributed by atoms with E-state index in [-0.39, 0.29) is 5.92 Å². The molecule has 5 nitrogen and oxygen atoms in total. The number of hydrogen-bond acceptors (Lipinski definition) is 5. The lowest BCUT2D eigenvalue weighted by atomic mass is 10.1. The van der Waals surface area contributed by atoms with Gasteiger partial charge in [0.15, 0.2) is 0 Å². The SMILES string of the molecule is CC(C)c1c(N)ncnc1OCCN(C)C1CC1. The Labute approximate surface area is 108 Å². The van der Waals surface area contributed by atoms with Crippen LogP contribution >= 0.6 is 0 Å². The lowest BCUT2D eigenvalue weighted by Gasteiger charge is -2.17. The van der Waals surface area contributed by atoms with Gasteiger partial charge < -0.3 is 15.4 Å². The van der Waals surface area contributed by atoms with E-state index in [1.807, 2.05) is 0 Å². The molecule has 0 unspecified atom stereocenters. The van der Waals surface area contributed by atoms with Gasteiger partial charge in [0.2, 0.25) is 5.88 Å². The molecule has 1 saturated carbocycles. The van der Waals surface area contributed by atoms with Gasteiger partial charge in [0.05, 0.1) is 5.56 Å². The molecule has 0 atom stereocenters. The molecule has 0 aliphatic heterocycles. The Morgan fingerprint density at radius 1 is 1.44 bits per heavy atom. The predicted molar refractivity (Wildman–Crippen MR) is 71.7 cm³/mol. The maximum Gasteiger partial charge on any atom is 0.222 e. The summed E-state index contributed by atoms with van der Waals surface area (Å²) in [6, 6.07) is 0.758. The van der Waals surface area contributed by atoms with E-state index in [4.69, 9.17) is 10.5 Å². The Morgan fingerprint density at radius 2 is 2.17 bits per heavy atom. The van der Waals surface area contributed by atoms with Crippen molar-refractivity contribution in [3.8, 4) is 5.88 Å². The molecular weight excluding hydrogens is 228 g/mol. The normalized spacial score (nSPS) is 15.4. The van der Waals surface area contributed by atoms with Gasteiger partial charge in [0.25, 0.3) is 0 Å². The van der Waals surface area contributed by atoms with Crippen LogP contribution in [0.15, 0.2) is 6.33 Å². The van der Waals surface area contributed by atoms with Crippen molar-refractivity contribution >= 4 is 5.82 Å². The minimum atomic E-state index is 0.266. The van der Waals surface area contributed by atoms with Gasteiger partial charge >= 0.3 is 0 Å². The second-order valence-electron chi connectivity index (χ2n) is 5.19. The average molecular weight is 250 g/mol. The van der Waals surface area contributed by atoms with Gasteiger partial charge in [0, 0.05) is 12.6 Å². The fraction of sp³-hybridized carbons (Fsp3) is 0.692. The lowest BCUT2D eigenvalue weighted by Crippen LogP contribution is -2.26. The van der Waals surface area contributed by atoms with Crippen molar-refractivity contribution in [2.45, 2.75) is 38.6 Å². The molecule has 1 aliphatic rings. The van der Waals surface area contributed by atoms with E-state index in [9.17, 15) is 0 Å². The quantitative estimate of drug-likeness (QED) is 0.831. The first kappa shape index (κ1) is 13.1. The Hall–Kier alpha value is -1.36. The van der Waals surface area contributed by atoms with E-state index in [0.717, 1.165) is 18.2 Å². The molecule has 1 heterocycles. The van der Waals surface area contributed by atoms with Gasteiger partial charge in [-0.25, -0.2) is 9.97 Å². The van der Waals surface area contributed by atoms with Crippen molar-refractivity contribution in [1.82, 2.24) is 14.9 Å². The second kappa shape index (κ2) is 5.52. The molecule has 18 heavy (non-hydrogen) atoms. The highest BCUT2D eigenvalue weighted by Gasteiger charge is 2.25. The summed E-state index contributed by atoms with van der Waals surface area (Å²) in [5.74, 6) is 1.41. The van der Waals surface area contributed by atoms with Crippen LogP contribution in [0, 0.1) is 0 Å². The van der Waals surface area contributed by atoms with Gasteiger partial charge in [-0.2, -0.15) is 0 Å². The van der Waals surface area contributed by atoms with Gasteiger partial charge in [-0.1, -0.05) is 13.8 Å². The molecule has 1 aliphatic carbocycles. The number of aromatic nitrogens is 2. The van der Waals surface area contributed by atoms with Gasteiger partial charge in [-0.05, 0) is 25.8 Å². The molecule has 0 saturated heterocycles. The zero-order valence-electron chi connectivity index (χ0n) is 11.4. The number of anilines is 1. The molecule has 0 radical (unpaired) electrons. The number of ether oxygens (including phenoxy) is 1. The third kappa shape index (κ3) is 3.10. The highest BCUT2D eigenvalue weighted by atomic mass is 16.5. The Balaban J connectivity index is 1.93. The Morgan fingerprint density at radius 3 is 2.78 bits per heavy atom. The fourth-order valence-corrected chi connectivity index (χ4v) is 2.03. The Bertz CT molecular complexity index is 404. The summed E-state index contributed by atoms with van der Waals surface area (Å²) in [6.07, 6.45) is 4.09. The molecular formula is C13H22N4O. The van der Waals surface area contributed by atoms with Crippen molar-refractivity contribution in [3.63, 3.8) is 0 Å². The summed E-state index contributed by atoms with van der Waals surface area (Å²) >= 11 is 0. The van der Waals surface area contributed by atoms with Crippen LogP contribution < -0.4 is 10.5 Å². The van der Waals surface area contributed by atoms with E-state index in [1.54, 1.807) is 0 Å². The predicted octanol–water partition coefficient (Wildman–Crippen LogP) is 1.66. The van der Waals surface area contributed by atoms with Crippen LogP contribution in [-0.4, -0.2) is 41.1 Å². The van der Waals surface area contributed by atoms with Gasteiger partial charge in [-0.15, -0.1) is 0 Å². The lowest BCUT2D eigenvalue weighted by molar-refractivity contribution is 0.224. The summed E-state index contributed by atoms with van der Waals surface area (Å²) in [5.41, 5.74) is 6.78. The number of nitrogens with two attached hydrogens (primary N) is 1. The van der Waals surface area contributed by atoms with Gasteiger partial charge in [-0.3, -0.25) is 0 Å². The smallest absolute Gasteiger partial charge is 0.222 e. The minimum absolute atomic E-state index is 0.266. The summed E-state index contributed by atoms with van der Waals surface area (Å²) in [4.78, 5) is 10.5. The van der Waals surface area contributed by atoms with Crippen molar-refractivity contribution in [3.05, 3.63) is 11.9 Å². The van der Waals surface area contributed by atoms with Crippen LogP contribution in [0.5, 0.6) is 5.88 Å². The van der Waals surface area contributed by atoms with E-state index in [1.165, 1.54) is 19.2 Å². The largest absolute Gasteiger partial charge is 0.476 e. The number of rotatable bonds is 6. The number of hydrogen-bond donors (Lipinski definition) is 1. The molecule has 5 heteroatoms. The molecule has 0 amide bonds. The molecule has 2 rings (SSSR count). The highest BCUT2D eigenvalue weighted by Crippen LogP contribution is 2.28. The zero-order chi connectivity index (χ0) is 13.1. The summed E-state index contributed by atoms with van der Waals surface area (Å²) in [6.45, 7) is 5.70. The van der Waals surface area contributed by atoms with Crippen molar-refractivity contribution in [2.75, 3.05) is 25.9 Å². The summed E-state index contributed by atoms with van der Waals surface area (Å²) in [7, 11) is 2.14. The standard InChI is InChI=1S/C13H22N4O/c1-9(2)11-12(14)15-8-16-13(11)18-7-6-17(3)10-4-5-10/h8-10H,4-7H2,1-3H3,(H2,14,15,16). The van der Waals surface area contributed by atoms with E-state index >= 15 is 0 Å². The average Bonchev–Trinajstić information content (AvgIpc) is 3.12. The fourth-order valence-electron chi connectivity index (χ4n) is 2.03. The zero-order valence-corrected chi connectivity index (χ0v) is 11.4. The highest BCUT2D eigenvalue weighted by molar-refractivity contribution is 5.46. The van der Waals surface area contributed by atoms with Crippen molar-refractivity contribution in [2.24, 2.45) is 0 Å². The van der Waals surface area contributed by atoms with Crippen LogP contribution in [0.3, 0.4) is 0 Å². The van der Waals surface area contributed by atoms with E-state index in [0.29, 0.717) is 18.3 Å². The maximum atomic E-state index is 5.87. The molecule has 0 bridgehead atoms. The van der Waals surface area contributed by atoms with Crippen LogP contribution in [0.2, 0.25) is 0 Å². The molecule has 0 aromatic carbocycles. The topological polar surface area (TPSA) is 64.3 Å².